The molecule has 0 N–H and O–H groups in total. The zero-order chi connectivity index (χ0) is 10.8. The summed E-state index contributed by atoms with van der Waals surface area (Å²) in [7, 11) is 0. The Morgan fingerprint density at radius 3 is 3.07 bits per heavy atom. The van der Waals surface area contributed by atoms with Gasteiger partial charge in [-0.3, -0.25) is 4.79 Å². The molecule has 0 radical (unpaired) electrons. The number of Topliss-reactive ketones (excluding diaryl/α,β-unsaturated/α-hetero) is 1. The van der Waals surface area contributed by atoms with Crippen molar-refractivity contribution >= 4 is 23.3 Å². The fraction of sp³-hybridized carbons (Fsp3) is 0.333. The van der Waals surface area contributed by atoms with Crippen LogP contribution in [0.3, 0.4) is 0 Å². The third kappa shape index (κ3) is 2.15. The maximum atomic E-state index is 11.1. The minimum absolute atomic E-state index is 0.117. The number of carbonyl (C=O) groups excluding carboxylic acids is 1. The highest BCUT2D eigenvalue weighted by molar-refractivity contribution is 8.00. The smallest absolute Gasteiger partial charge is 0.253 e. The van der Waals surface area contributed by atoms with Crippen LogP contribution < -0.4 is 0 Å². The highest BCUT2D eigenvalue weighted by Crippen LogP contribution is 2.19. The lowest BCUT2D eigenvalue weighted by molar-refractivity contribution is -0.116. The van der Waals surface area contributed by atoms with E-state index in [1.165, 1.54) is 11.8 Å². The van der Waals surface area contributed by atoms with Gasteiger partial charge in [-0.1, -0.05) is 11.8 Å². The lowest BCUT2D eigenvalue weighted by Gasteiger charge is -2.01. The summed E-state index contributed by atoms with van der Waals surface area (Å²) in [6, 6.07) is 1.78. The Bertz CT molecular complexity index is 463. The molecular weight excluding hydrogens is 212 g/mol. The van der Waals surface area contributed by atoms with E-state index in [0.717, 1.165) is 0 Å². The van der Waals surface area contributed by atoms with Crippen molar-refractivity contribution in [3.63, 3.8) is 0 Å². The summed E-state index contributed by atoms with van der Waals surface area (Å²) in [5.74, 6) is 0.669. The quantitative estimate of drug-likeness (QED) is 0.730. The summed E-state index contributed by atoms with van der Waals surface area (Å²) < 4.78 is 1.59. The number of aromatic nitrogens is 4. The van der Waals surface area contributed by atoms with Crippen LogP contribution in [0, 0.1) is 0 Å². The largest absolute Gasteiger partial charge is 0.299 e. The van der Waals surface area contributed by atoms with Gasteiger partial charge < -0.3 is 0 Å². The Hall–Kier alpha value is -1.43. The molecule has 0 aliphatic rings. The van der Waals surface area contributed by atoms with Crippen LogP contribution in [0.5, 0.6) is 0 Å². The molecule has 78 valence electrons. The second kappa shape index (κ2) is 3.98. The number of rotatable bonds is 3. The Morgan fingerprint density at radius 1 is 1.60 bits per heavy atom. The molecule has 2 heterocycles. The van der Waals surface area contributed by atoms with Crippen molar-refractivity contribution in [1.29, 1.82) is 0 Å². The third-order valence-electron chi connectivity index (χ3n) is 1.95. The predicted octanol–water partition coefficient (Wildman–Crippen LogP) is 1.19. The zero-order valence-electron chi connectivity index (χ0n) is 8.41. The van der Waals surface area contributed by atoms with E-state index in [9.17, 15) is 4.79 Å². The van der Waals surface area contributed by atoms with Gasteiger partial charge in [0.2, 0.25) is 5.16 Å². The molecule has 0 fully saturated rings. The highest BCUT2D eigenvalue weighted by atomic mass is 32.2. The van der Waals surface area contributed by atoms with Gasteiger partial charge in [-0.05, 0) is 19.9 Å². The number of carbonyl (C=O) groups is 1. The van der Waals surface area contributed by atoms with Crippen molar-refractivity contribution in [3.8, 4) is 0 Å². The van der Waals surface area contributed by atoms with E-state index in [4.69, 9.17) is 0 Å². The molecular formula is C9H10N4OS. The summed E-state index contributed by atoms with van der Waals surface area (Å²) in [4.78, 5) is 19.3. The number of hydrogen-bond acceptors (Lipinski definition) is 5. The Balaban J connectivity index is 2.26. The molecule has 2 aromatic rings. The van der Waals surface area contributed by atoms with Crippen molar-refractivity contribution in [3.05, 3.63) is 18.5 Å². The van der Waals surface area contributed by atoms with E-state index in [-0.39, 0.29) is 11.0 Å². The van der Waals surface area contributed by atoms with E-state index in [1.807, 2.05) is 6.92 Å². The highest BCUT2D eigenvalue weighted by Gasteiger charge is 2.13. The maximum absolute atomic E-state index is 11.1. The van der Waals surface area contributed by atoms with Crippen molar-refractivity contribution in [2.75, 3.05) is 0 Å². The van der Waals surface area contributed by atoms with Gasteiger partial charge in [-0.15, -0.1) is 5.10 Å². The van der Waals surface area contributed by atoms with E-state index >= 15 is 0 Å². The van der Waals surface area contributed by atoms with Crippen LogP contribution in [-0.2, 0) is 4.79 Å². The number of fused-ring (bicyclic) bond motifs is 1. The van der Waals surface area contributed by atoms with E-state index in [2.05, 4.69) is 15.1 Å². The van der Waals surface area contributed by atoms with Gasteiger partial charge in [0.25, 0.3) is 5.78 Å². The van der Waals surface area contributed by atoms with Gasteiger partial charge in [0.05, 0.1) is 5.25 Å². The van der Waals surface area contributed by atoms with Gasteiger partial charge in [-0.25, -0.2) is 9.50 Å². The molecule has 2 rings (SSSR count). The summed E-state index contributed by atoms with van der Waals surface area (Å²) >= 11 is 1.34. The number of nitrogens with zero attached hydrogens (tertiary/aromatic N) is 4. The van der Waals surface area contributed by atoms with E-state index in [0.29, 0.717) is 10.9 Å². The van der Waals surface area contributed by atoms with Crippen LogP contribution in [0.15, 0.2) is 23.6 Å². The van der Waals surface area contributed by atoms with E-state index in [1.54, 1.807) is 29.9 Å². The lowest BCUT2D eigenvalue weighted by atomic mass is 10.3. The first-order valence-corrected chi connectivity index (χ1v) is 5.39. The average Bonchev–Trinajstić information content (AvgIpc) is 2.59. The molecule has 0 saturated heterocycles. The SMILES string of the molecule is CC(=O)C(C)Sc1nc2ncccn2n1. The summed E-state index contributed by atoms with van der Waals surface area (Å²) in [6.45, 7) is 3.40. The van der Waals surface area contributed by atoms with Crippen LogP contribution in [0.4, 0.5) is 0 Å². The van der Waals surface area contributed by atoms with Crippen LogP contribution in [0.25, 0.3) is 5.78 Å². The first-order valence-electron chi connectivity index (χ1n) is 4.51. The number of hydrogen-bond donors (Lipinski definition) is 0. The molecule has 0 amide bonds. The summed E-state index contributed by atoms with van der Waals surface area (Å²) in [6.07, 6.45) is 3.44. The van der Waals surface area contributed by atoms with Crippen LogP contribution >= 0.6 is 11.8 Å². The molecule has 15 heavy (non-hydrogen) atoms. The molecule has 6 heteroatoms. The van der Waals surface area contributed by atoms with Crippen LogP contribution in [0.2, 0.25) is 0 Å². The molecule has 0 aliphatic heterocycles. The van der Waals surface area contributed by atoms with Crippen molar-refractivity contribution < 1.29 is 4.79 Å². The van der Waals surface area contributed by atoms with Gasteiger partial charge in [0.1, 0.15) is 5.78 Å². The first-order chi connectivity index (χ1) is 7.16. The van der Waals surface area contributed by atoms with Crippen LogP contribution in [-0.4, -0.2) is 30.6 Å². The minimum Gasteiger partial charge on any atom is -0.299 e. The minimum atomic E-state index is -0.123. The molecule has 0 spiro atoms. The second-order valence-corrected chi connectivity index (χ2v) is 4.44. The fourth-order valence-corrected chi connectivity index (χ4v) is 1.76. The molecule has 5 nitrogen and oxygen atoms in total. The first kappa shape index (κ1) is 10.1. The van der Waals surface area contributed by atoms with E-state index < -0.39 is 0 Å². The number of ketones is 1. The molecule has 1 unspecified atom stereocenters. The molecule has 0 bridgehead atoms. The van der Waals surface area contributed by atoms with Crippen LogP contribution in [0.1, 0.15) is 13.8 Å². The monoisotopic (exact) mass is 222 g/mol. The third-order valence-corrected chi connectivity index (χ3v) is 3.02. The summed E-state index contributed by atoms with van der Waals surface area (Å²) in [5, 5.41) is 4.65. The lowest BCUT2D eigenvalue weighted by Crippen LogP contribution is -2.08. The predicted molar refractivity (Wildman–Crippen MR) is 56.8 cm³/mol. The average molecular weight is 222 g/mol. The molecule has 0 aromatic carbocycles. The zero-order valence-corrected chi connectivity index (χ0v) is 9.23. The van der Waals surface area contributed by atoms with Crippen molar-refractivity contribution in [2.45, 2.75) is 24.3 Å². The fourth-order valence-electron chi connectivity index (χ4n) is 1.00. The molecule has 1 atom stereocenters. The Morgan fingerprint density at radius 2 is 2.40 bits per heavy atom. The molecule has 0 aliphatic carbocycles. The summed E-state index contributed by atoms with van der Waals surface area (Å²) in [5.41, 5.74) is 0. The number of thioether (sulfide) groups is 1. The Kier molecular flexibility index (Phi) is 2.68. The van der Waals surface area contributed by atoms with Gasteiger partial charge in [0.15, 0.2) is 0 Å². The van der Waals surface area contributed by atoms with Crippen molar-refractivity contribution in [2.24, 2.45) is 0 Å². The molecule has 2 aromatic heterocycles. The standard InChI is InChI=1S/C9H10N4OS/c1-6(14)7(2)15-9-11-8-10-4-3-5-13(8)12-9/h3-5,7H,1-2H3. The van der Waals surface area contributed by atoms with Gasteiger partial charge in [-0.2, -0.15) is 4.98 Å². The second-order valence-electron chi connectivity index (χ2n) is 3.13. The maximum Gasteiger partial charge on any atom is 0.253 e. The molecule has 0 saturated carbocycles. The van der Waals surface area contributed by atoms with Crippen molar-refractivity contribution in [1.82, 2.24) is 19.6 Å². The topological polar surface area (TPSA) is 60.2 Å². The normalized spacial score (nSPS) is 12.9. The van der Waals surface area contributed by atoms with Gasteiger partial charge in [0, 0.05) is 12.4 Å². The Labute approximate surface area is 90.9 Å². The van der Waals surface area contributed by atoms with Gasteiger partial charge >= 0.3 is 0 Å².